The van der Waals surface area contributed by atoms with Gasteiger partial charge in [-0.05, 0) is 62.7 Å². The van der Waals surface area contributed by atoms with E-state index in [0.29, 0.717) is 64.8 Å². The summed E-state index contributed by atoms with van der Waals surface area (Å²) in [5.74, 6) is 0. The Morgan fingerprint density at radius 1 is 0.735 bits per heavy atom. The van der Waals surface area contributed by atoms with Crippen LogP contribution in [0.4, 0.5) is 9.59 Å². The number of carbonyl (C=O) groups is 2. The van der Waals surface area contributed by atoms with E-state index in [1.54, 1.807) is 0 Å². The molecule has 0 heterocycles. The van der Waals surface area contributed by atoms with Crippen molar-refractivity contribution in [2.24, 2.45) is 11.5 Å². The molecule has 0 bridgehead atoms. The van der Waals surface area contributed by atoms with Crippen LogP contribution in [-0.2, 0) is 22.3 Å². The van der Waals surface area contributed by atoms with Gasteiger partial charge < -0.3 is 31.6 Å². The number of amides is 2. The van der Waals surface area contributed by atoms with Crippen molar-refractivity contribution in [3.63, 3.8) is 0 Å². The summed E-state index contributed by atoms with van der Waals surface area (Å²) in [4.78, 5) is 24.6. The average molecular weight is 471 g/mol. The second-order valence-electron chi connectivity index (χ2n) is 8.32. The summed E-state index contributed by atoms with van der Waals surface area (Å²) in [6.45, 7) is 1.92. The molecule has 0 atom stereocenters. The van der Waals surface area contributed by atoms with Crippen LogP contribution < -0.4 is 22.1 Å². The molecule has 186 valence electrons. The van der Waals surface area contributed by atoms with Gasteiger partial charge in [-0.25, -0.2) is 9.59 Å². The topological polar surface area (TPSA) is 129 Å². The number of nitrogens with one attached hydrogen (secondary N) is 2. The molecule has 0 fully saturated rings. The Morgan fingerprint density at radius 2 is 1.24 bits per heavy atom. The van der Waals surface area contributed by atoms with Crippen LogP contribution in [0.3, 0.4) is 0 Å². The molecule has 0 aliphatic carbocycles. The summed E-state index contributed by atoms with van der Waals surface area (Å²) < 4.78 is 10.5. The molecule has 0 unspecified atom stereocenters. The highest BCUT2D eigenvalue weighted by molar-refractivity contribution is 5.68. The van der Waals surface area contributed by atoms with E-state index in [1.807, 2.05) is 60.7 Å². The zero-order valence-corrected chi connectivity index (χ0v) is 19.8. The summed E-state index contributed by atoms with van der Waals surface area (Å²) in [6, 6.07) is 20.1. The van der Waals surface area contributed by atoms with Gasteiger partial charge in [0.05, 0.1) is 18.8 Å². The Labute approximate surface area is 202 Å². The number of alkyl carbamates (subject to hydrolysis) is 2. The number of carbonyl (C=O) groups excluding carboxylic acids is 2. The third kappa shape index (κ3) is 10.7. The van der Waals surface area contributed by atoms with E-state index in [9.17, 15) is 9.59 Å². The Hall–Kier alpha value is -3.10. The van der Waals surface area contributed by atoms with Crippen molar-refractivity contribution in [3.8, 4) is 0 Å². The lowest BCUT2D eigenvalue weighted by Gasteiger charge is -2.35. The lowest BCUT2D eigenvalue weighted by atomic mass is 9.81. The van der Waals surface area contributed by atoms with Crippen molar-refractivity contribution >= 4 is 12.2 Å². The molecule has 0 saturated heterocycles. The molecule has 0 aromatic heterocycles. The first-order valence-corrected chi connectivity index (χ1v) is 11.9. The van der Waals surface area contributed by atoms with Gasteiger partial charge in [-0.15, -0.1) is 0 Å². The molecule has 2 amide bonds. The molecular formula is C26H38N4O4. The highest BCUT2D eigenvalue weighted by Crippen LogP contribution is 2.25. The zero-order chi connectivity index (χ0) is 24.5. The van der Waals surface area contributed by atoms with Gasteiger partial charge in [0.25, 0.3) is 0 Å². The van der Waals surface area contributed by atoms with E-state index in [0.717, 1.165) is 11.1 Å². The second-order valence-corrected chi connectivity index (χ2v) is 8.32. The fraction of sp³-hybridized carbons (Fsp3) is 0.462. The normalized spacial score (nSPS) is 11.0. The molecule has 2 aromatic carbocycles. The van der Waals surface area contributed by atoms with Gasteiger partial charge in [0.1, 0.15) is 0 Å². The van der Waals surface area contributed by atoms with E-state index in [4.69, 9.17) is 20.9 Å². The zero-order valence-electron chi connectivity index (χ0n) is 19.8. The van der Waals surface area contributed by atoms with Gasteiger partial charge in [0, 0.05) is 6.54 Å². The summed E-state index contributed by atoms with van der Waals surface area (Å²) in [6.07, 6.45) is 2.83. The second kappa shape index (κ2) is 15.7. The van der Waals surface area contributed by atoms with E-state index < -0.39 is 17.7 Å². The van der Waals surface area contributed by atoms with Gasteiger partial charge in [0.15, 0.2) is 0 Å². The molecule has 0 radical (unpaired) electrons. The third-order valence-electron chi connectivity index (χ3n) is 5.40. The molecule has 34 heavy (non-hydrogen) atoms. The minimum atomic E-state index is -0.604. The molecule has 0 saturated carbocycles. The summed E-state index contributed by atoms with van der Waals surface area (Å²) >= 11 is 0. The number of benzene rings is 2. The van der Waals surface area contributed by atoms with E-state index in [1.165, 1.54) is 0 Å². The molecule has 2 aromatic rings. The predicted molar refractivity (Wildman–Crippen MR) is 133 cm³/mol. The molecule has 0 aliphatic rings. The number of rotatable bonds is 15. The van der Waals surface area contributed by atoms with Crippen LogP contribution in [0, 0.1) is 0 Å². The Balaban J connectivity index is 2.14. The van der Waals surface area contributed by atoms with E-state index in [2.05, 4.69) is 10.6 Å². The molecule has 0 spiro atoms. The van der Waals surface area contributed by atoms with E-state index >= 15 is 0 Å². The molecular weight excluding hydrogens is 432 g/mol. The van der Waals surface area contributed by atoms with Crippen LogP contribution in [0.1, 0.15) is 36.8 Å². The van der Waals surface area contributed by atoms with Crippen molar-refractivity contribution in [1.82, 2.24) is 10.6 Å². The molecule has 6 N–H and O–H groups in total. The maximum atomic E-state index is 12.7. The highest BCUT2D eigenvalue weighted by atomic mass is 16.6. The molecule has 0 aliphatic heterocycles. The van der Waals surface area contributed by atoms with Crippen LogP contribution in [0.15, 0.2) is 60.7 Å². The molecule has 2 rings (SSSR count). The minimum Gasteiger partial charge on any atom is -0.450 e. The third-order valence-corrected chi connectivity index (χ3v) is 5.40. The van der Waals surface area contributed by atoms with Crippen molar-refractivity contribution in [2.45, 2.75) is 44.1 Å². The van der Waals surface area contributed by atoms with Crippen LogP contribution in [0.2, 0.25) is 0 Å². The first-order chi connectivity index (χ1) is 16.6. The first-order valence-electron chi connectivity index (χ1n) is 11.9. The van der Waals surface area contributed by atoms with Crippen LogP contribution in [0.25, 0.3) is 0 Å². The maximum Gasteiger partial charge on any atom is 0.407 e. The minimum absolute atomic E-state index is 0.269. The monoisotopic (exact) mass is 470 g/mol. The number of hydrogen-bond acceptors (Lipinski definition) is 6. The summed E-state index contributed by atoms with van der Waals surface area (Å²) in [5, 5.41) is 5.93. The lowest BCUT2D eigenvalue weighted by Crippen LogP contribution is -2.52. The van der Waals surface area contributed by atoms with Crippen molar-refractivity contribution < 1.29 is 19.1 Å². The number of hydrogen-bond donors (Lipinski definition) is 4. The van der Waals surface area contributed by atoms with Gasteiger partial charge in [-0.3, -0.25) is 0 Å². The van der Waals surface area contributed by atoms with Crippen molar-refractivity contribution in [1.29, 1.82) is 0 Å². The smallest absolute Gasteiger partial charge is 0.407 e. The number of nitrogens with two attached hydrogens (primary N) is 2. The van der Waals surface area contributed by atoms with Gasteiger partial charge >= 0.3 is 12.2 Å². The predicted octanol–water partition coefficient (Wildman–Crippen LogP) is 3.14. The average Bonchev–Trinajstić information content (AvgIpc) is 2.83. The van der Waals surface area contributed by atoms with Crippen LogP contribution >= 0.6 is 0 Å². The van der Waals surface area contributed by atoms with Crippen LogP contribution in [-0.4, -0.2) is 50.6 Å². The van der Waals surface area contributed by atoms with Gasteiger partial charge in [0.2, 0.25) is 0 Å². The summed E-state index contributed by atoms with van der Waals surface area (Å²) in [7, 11) is 0. The SMILES string of the molecule is NCCCOC(=O)NCCCC(Cc1ccccc1)(Cc1ccccc1)NC(=O)OCCCN. The Kier molecular flexibility index (Phi) is 12.5. The first kappa shape index (κ1) is 27.1. The fourth-order valence-corrected chi connectivity index (χ4v) is 3.78. The highest BCUT2D eigenvalue weighted by Gasteiger charge is 2.33. The van der Waals surface area contributed by atoms with E-state index in [-0.39, 0.29) is 6.61 Å². The van der Waals surface area contributed by atoms with Crippen molar-refractivity contribution in [2.75, 3.05) is 32.8 Å². The molecule has 8 heteroatoms. The summed E-state index contributed by atoms with van der Waals surface area (Å²) in [5.41, 5.74) is 12.6. The molecule has 8 nitrogen and oxygen atoms in total. The largest absolute Gasteiger partial charge is 0.450 e. The number of ether oxygens (including phenoxy) is 2. The van der Waals surface area contributed by atoms with Gasteiger partial charge in [-0.2, -0.15) is 0 Å². The van der Waals surface area contributed by atoms with Gasteiger partial charge in [-0.1, -0.05) is 60.7 Å². The fourth-order valence-electron chi connectivity index (χ4n) is 3.78. The van der Waals surface area contributed by atoms with Crippen molar-refractivity contribution in [3.05, 3.63) is 71.8 Å². The lowest BCUT2D eigenvalue weighted by molar-refractivity contribution is 0.127. The quantitative estimate of drug-likeness (QED) is 0.296. The van der Waals surface area contributed by atoms with Crippen LogP contribution in [0.5, 0.6) is 0 Å². The Morgan fingerprint density at radius 3 is 1.74 bits per heavy atom. The maximum absolute atomic E-state index is 12.7. The standard InChI is InChI=1S/C26H38N4O4/c27-15-8-18-33-24(31)29-17-7-14-26(20-22-10-3-1-4-11-22,21-23-12-5-2-6-13-23)30-25(32)34-19-9-16-28/h1-6,10-13H,7-9,14-21,27-28H2,(H,29,31)(H,30,32). The Bertz CT molecular complexity index is 792.